The van der Waals surface area contributed by atoms with Gasteiger partial charge in [0.15, 0.2) is 0 Å². The minimum atomic E-state index is 0.980. The Labute approximate surface area is 221 Å². The van der Waals surface area contributed by atoms with Gasteiger partial charge in [0.1, 0.15) is 0 Å². The second kappa shape index (κ2) is 9.42. The van der Waals surface area contributed by atoms with E-state index in [0.717, 1.165) is 16.8 Å². The van der Waals surface area contributed by atoms with Gasteiger partial charge in [0.2, 0.25) is 0 Å². The largest absolute Gasteiger partial charge is 0.264 e. The molecule has 0 fully saturated rings. The molecular formula is C36H24N2. The number of rotatable bonds is 4. The van der Waals surface area contributed by atoms with Gasteiger partial charge in [-0.05, 0) is 79.2 Å². The van der Waals surface area contributed by atoms with Crippen molar-refractivity contribution in [1.29, 1.82) is 0 Å². The second-order valence-electron chi connectivity index (χ2n) is 9.46. The predicted octanol–water partition coefficient (Wildman–Crippen LogP) is 9.45. The lowest BCUT2D eigenvalue weighted by Gasteiger charge is -2.18. The van der Waals surface area contributed by atoms with Gasteiger partial charge in [-0.3, -0.25) is 9.97 Å². The van der Waals surface area contributed by atoms with Crippen LogP contribution in [0.25, 0.3) is 66.2 Å². The quantitative estimate of drug-likeness (QED) is 0.233. The first-order valence-electron chi connectivity index (χ1n) is 12.8. The predicted molar refractivity (Wildman–Crippen MR) is 159 cm³/mol. The Balaban J connectivity index is 1.47. The van der Waals surface area contributed by atoms with Gasteiger partial charge in [-0.25, -0.2) is 0 Å². The highest BCUT2D eigenvalue weighted by atomic mass is 14.7. The summed E-state index contributed by atoms with van der Waals surface area (Å²) in [5.74, 6) is 0. The van der Waals surface area contributed by atoms with Crippen LogP contribution in [0, 0.1) is 0 Å². The van der Waals surface area contributed by atoms with E-state index in [0.29, 0.717) is 0 Å². The summed E-state index contributed by atoms with van der Waals surface area (Å²) in [4.78, 5) is 8.87. The van der Waals surface area contributed by atoms with E-state index in [1.165, 1.54) is 49.4 Å². The topological polar surface area (TPSA) is 25.8 Å². The molecule has 2 heteroatoms. The molecule has 2 nitrogen and oxygen atoms in total. The maximum Gasteiger partial charge on any atom is 0.0702 e. The molecule has 5 aromatic carbocycles. The van der Waals surface area contributed by atoms with E-state index < -0.39 is 0 Å². The zero-order valence-electron chi connectivity index (χ0n) is 20.8. The van der Waals surface area contributed by atoms with E-state index in [-0.39, 0.29) is 0 Å². The van der Waals surface area contributed by atoms with E-state index >= 15 is 0 Å². The fourth-order valence-corrected chi connectivity index (χ4v) is 5.48. The van der Waals surface area contributed by atoms with Crippen LogP contribution >= 0.6 is 0 Å². The van der Waals surface area contributed by atoms with Gasteiger partial charge < -0.3 is 0 Å². The first kappa shape index (κ1) is 22.1. The average Bonchev–Trinajstić information content (AvgIpc) is 3.01. The summed E-state index contributed by atoms with van der Waals surface area (Å²) >= 11 is 0. The van der Waals surface area contributed by atoms with Crippen molar-refractivity contribution < 1.29 is 0 Å². The summed E-state index contributed by atoms with van der Waals surface area (Å²) in [6.45, 7) is 0. The van der Waals surface area contributed by atoms with Gasteiger partial charge in [-0.2, -0.15) is 0 Å². The van der Waals surface area contributed by atoms with Crippen LogP contribution in [-0.4, -0.2) is 9.97 Å². The third-order valence-electron chi connectivity index (χ3n) is 7.21. The van der Waals surface area contributed by atoms with Crippen molar-refractivity contribution in [2.75, 3.05) is 0 Å². The number of fused-ring (bicyclic) bond motifs is 2. The summed E-state index contributed by atoms with van der Waals surface area (Å²) in [7, 11) is 0. The van der Waals surface area contributed by atoms with Gasteiger partial charge in [-0.15, -0.1) is 0 Å². The number of pyridine rings is 2. The molecule has 2 heterocycles. The fraction of sp³-hybridized carbons (Fsp3) is 0. The lowest BCUT2D eigenvalue weighted by atomic mass is 9.85. The normalized spacial score (nSPS) is 11.2. The second-order valence-corrected chi connectivity index (χ2v) is 9.46. The Morgan fingerprint density at radius 3 is 1.55 bits per heavy atom. The summed E-state index contributed by atoms with van der Waals surface area (Å²) < 4.78 is 0. The van der Waals surface area contributed by atoms with Crippen molar-refractivity contribution in [2.45, 2.75) is 0 Å². The Morgan fingerprint density at radius 2 is 0.947 bits per heavy atom. The lowest BCUT2D eigenvalue weighted by molar-refractivity contribution is 1.33. The van der Waals surface area contributed by atoms with Gasteiger partial charge in [0.05, 0.1) is 5.69 Å². The molecule has 0 saturated carbocycles. The van der Waals surface area contributed by atoms with Gasteiger partial charge in [0, 0.05) is 24.2 Å². The highest BCUT2D eigenvalue weighted by molar-refractivity contribution is 6.21. The SMILES string of the molecule is c1ccc(-c2cccc(-c3c4ccccc4c(-c4ccc(-c5cccnc5)cc4)c4ccccc34)c2)nc1. The molecule has 0 atom stereocenters. The van der Waals surface area contributed by atoms with Crippen LogP contribution in [0.5, 0.6) is 0 Å². The minimum absolute atomic E-state index is 0.980. The Kier molecular flexibility index (Phi) is 5.49. The standard InChI is InChI=1S/C36H24N2/c1-3-14-32-30(12-1)35(26-19-17-25(18-20-26)29-11-8-21-37-24-29)31-13-2-4-15-33(31)36(32)28-10-7-9-27(23-28)34-16-5-6-22-38-34/h1-24H. The van der Waals surface area contributed by atoms with Crippen molar-refractivity contribution in [1.82, 2.24) is 9.97 Å². The van der Waals surface area contributed by atoms with Crippen molar-refractivity contribution in [2.24, 2.45) is 0 Å². The summed E-state index contributed by atoms with van der Waals surface area (Å²) in [5.41, 5.74) is 9.30. The lowest BCUT2D eigenvalue weighted by Crippen LogP contribution is -1.91. The Morgan fingerprint density at radius 1 is 0.368 bits per heavy atom. The zero-order valence-corrected chi connectivity index (χ0v) is 20.8. The molecule has 7 rings (SSSR count). The van der Waals surface area contributed by atoms with Crippen molar-refractivity contribution in [3.05, 3.63) is 146 Å². The summed E-state index contributed by atoms with van der Waals surface area (Å²) in [5, 5.41) is 4.99. The molecule has 0 saturated heterocycles. The smallest absolute Gasteiger partial charge is 0.0702 e. The van der Waals surface area contributed by atoms with Crippen LogP contribution in [-0.2, 0) is 0 Å². The Hall–Kier alpha value is -5.08. The third kappa shape index (κ3) is 3.84. The van der Waals surface area contributed by atoms with Crippen LogP contribution in [0.4, 0.5) is 0 Å². The highest BCUT2D eigenvalue weighted by Crippen LogP contribution is 2.44. The minimum Gasteiger partial charge on any atom is -0.264 e. The maximum absolute atomic E-state index is 4.59. The fourth-order valence-electron chi connectivity index (χ4n) is 5.48. The molecule has 0 radical (unpaired) electrons. The van der Waals surface area contributed by atoms with Crippen LogP contribution in [0.15, 0.2) is 146 Å². The van der Waals surface area contributed by atoms with Crippen molar-refractivity contribution >= 4 is 21.5 Å². The van der Waals surface area contributed by atoms with E-state index in [4.69, 9.17) is 0 Å². The van der Waals surface area contributed by atoms with Gasteiger partial charge >= 0.3 is 0 Å². The monoisotopic (exact) mass is 484 g/mol. The van der Waals surface area contributed by atoms with Crippen LogP contribution in [0.2, 0.25) is 0 Å². The average molecular weight is 485 g/mol. The molecule has 0 bridgehead atoms. The number of hydrogen-bond donors (Lipinski definition) is 0. The number of hydrogen-bond acceptors (Lipinski definition) is 2. The first-order valence-corrected chi connectivity index (χ1v) is 12.8. The molecular weight excluding hydrogens is 460 g/mol. The molecule has 0 spiro atoms. The maximum atomic E-state index is 4.59. The molecule has 0 N–H and O–H groups in total. The molecule has 2 aromatic heterocycles. The zero-order chi connectivity index (χ0) is 25.3. The van der Waals surface area contributed by atoms with Crippen molar-refractivity contribution in [3.63, 3.8) is 0 Å². The van der Waals surface area contributed by atoms with E-state index in [1.54, 1.807) is 0 Å². The van der Waals surface area contributed by atoms with E-state index in [2.05, 4.69) is 119 Å². The summed E-state index contributed by atoms with van der Waals surface area (Å²) in [6.07, 6.45) is 5.57. The molecule has 0 amide bonds. The Bertz CT molecular complexity index is 1830. The number of benzene rings is 5. The molecule has 7 aromatic rings. The molecule has 0 aliphatic heterocycles. The summed E-state index contributed by atoms with van der Waals surface area (Å²) in [6, 6.07) is 45.3. The number of nitrogens with zero attached hydrogens (tertiary/aromatic N) is 2. The third-order valence-corrected chi connectivity index (χ3v) is 7.21. The van der Waals surface area contributed by atoms with E-state index in [1.807, 2.05) is 36.8 Å². The van der Waals surface area contributed by atoms with Gasteiger partial charge in [-0.1, -0.05) is 103 Å². The van der Waals surface area contributed by atoms with E-state index in [9.17, 15) is 0 Å². The highest BCUT2D eigenvalue weighted by Gasteiger charge is 2.17. The number of aromatic nitrogens is 2. The first-order chi connectivity index (χ1) is 18.9. The molecule has 38 heavy (non-hydrogen) atoms. The molecule has 0 unspecified atom stereocenters. The molecule has 0 aliphatic rings. The molecule has 178 valence electrons. The van der Waals surface area contributed by atoms with Crippen LogP contribution in [0.1, 0.15) is 0 Å². The van der Waals surface area contributed by atoms with Crippen LogP contribution in [0.3, 0.4) is 0 Å². The molecule has 0 aliphatic carbocycles. The van der Waals surface area contributed by atoms with Crippen molar-refractivity contribution in [3.8, 4) is 44.6 Å². The van der Waals surface area contributed by atoms with Gasteiger partial charge in [0.25, 0.3) is 0 Å². The van der Waals surface area contributed by atoms with Crippen LogP contribution < -0.4 is 0 Å².